The van der Waals surface area contributed by atoms with Gasteiger partial charge in [-0.25, -0.2) is 4.39 Å². The first-order chi connectivity index (χ1) is 6.61. The van der Waals surface area contributed by atoms with Crippen LogP contribution < -0.4 is 10.5 Å². The van der Waals surface area contributed by atoms with Gasteiger partial charge in [0, 0.05) is 0 Å². The highest BCUT2D eigenvalue weighted by molar-refractivity contribution is 6.32. The number of alkyl halides is 1. The van der Waals surface area contributed by atoms with Gasteiger partial charge in [0.2, 0.25) is 0 Å². The van der Waals surface area contributed by atoms with Gasteiger partial charge in [-0.1, -0.05) is 11.6 Å². The predicted molar refractivity (Wildman–Crippen MR) is 52.6 cm³/mol. The van der Waals surface area contributed by atoms with Crippen molar-refractivity contribution in [3.05, 3.63) is 22.7 Å². The number of benzene rings is 1. The molecule has 1 aromatic carbocycles. The largest absolute Gasteiger partial charge is 0.506 e. The third-order valence-corrected chi connectivity index (χ3v) is 2.19. The van der Waals surface area contributed by atoms with Crippen molar-refractivity contribution in [2.24, 2.45) is 5.73 Å². The third-order valence-electron chi connectivity index (χ3n) is 1.88. The average Bonchev–Trinajstić information content (AvgIpc) is 2.20. The van der Waals surface area contributed by atoms with Gasteiger partial charge in [-0.3, -0.25) is 0 Å². The minimum absolute atomic E-state index is 0.129. The van der Waals surface area contributed by atoms with Gasteiger partial charge < -0.3 is 15.6 Å². The van der Waals surface area contributed by atoms with Crippen molar-refractivity contribution in [1.82, 2.24) is 0 Å². The topological polar surface area (TPSA) is 55.5 Å². The molecule has 1 aromatic rings. The van der Waals surface area contributed by atoms with Crippen molar-refractivity contribution in [2.75, 3.05) is 13.8 Å². The van der Waals surface area contributed by atoms with E-state index in [4.69, 9.17) is 22.1 Å². The van der Waals surface area contributed by atoms with Crippen molar-refractivity contribution in [2.45, 2.75) is 6.04 Å². The fourth-order valence-electron chi connectivity index (χ4n) is 1.18. The maximum Gasteiger partial charge on any atom is 0.142 e. The van der Waals surface area contributed by atoms with E-state index in [9.17, 15) is 9.50 Å². The van der Waals surface area contributed by atoms with Gasteiger partial charge in [0.05, 0.1) is 23.7 Å². The number of phenolic OH excluding ortho intramolecular Hbond substituents is 1. The minimum Gasteiger partial charge on any atom is -0.506 e. The summed E-state index contributed by atoms with van der Waals surface area (Å²) in [6.07, 6.45) is 0. The van der Waals surface area contributed by atoms with Crippen LogP contribution in [0.1, 0.15) is 11.6 Å². The van der Waals surface area contributed by atoms with Gasteiger partial charge in [0.15, 0.2) is 0 Å². The quantitative estimate of drug-likeness (QED) is 0.818. The first-order valence-corrected chi connectivity index (χ1v) is 4.36. The molecule has 0 amide bonds. The van der Waals surface area contributed by atoms with Crippen LogP contribution in [0.2, 0.25) is 5.02 Å². The molecule has 5 heteroatoms. The standard InChI is InChI=1S/C9H11ClFNO2/c1-14-7-3-2-5(10)9(13)8(7)6(12)4-11/h2-3,6,13H,4,12H2,1H3. The van der Waals surface area contributed by atoms with E-state index in [0.29, 0.717) is 5.75 Å². The average molecular weight is 220 g/mol. The summed E-state index contributed by atoms with van der Waals surface area (Å²) in [5.74, 6) is 0.105. The molecular weight excluding hydrogens is 209 g/mol. The Morgan fingerprint density at radius 1 is 1.64 bits per heavy atom. The molecule has 3 N–H and O–H groups in total. The zero-order chi connectivity index (χ0) is 10.7. The summed E-state index contributed by atoms with van der Waals surface area (Å²) in [6.45, 7) is -0.787. The maximum atomic E-state index is 12.4. The Hall–Kier alpha value is -1.00. The van der Waals surface area contributed by atoms with Crippen LogP contribution in [0.3, 0.4) is 0 Å². The Balaban J connectivity index is 3.27. The Morgan fingerprint density at radius 2 is 2.29 bits per heavy atom. The summed E-state index contributed by atoms with van der Waals surface area (Å²) in [4.78, 5) is 0. The molecule has 0 bridgehead atoms. The number of hydrogen-bond acceptors (Lipinski definition) is 3. The molecule has 0 spiro atoms. The smallest absolute Gasteiger partial charge is 0.142 e. The number of methoxy groups -OCH3 is 1. The van der Waals surface area contributed by atoms with Crippen LogP contribution in [0.5, 0.6) is 11.5 Å². The molecule has 3 nitrogen and oxygen atoms in total. The van der Waals surface area contributed by atoms with Gasteiger partial charge in [0.25, 0.3) is 0 Å². The van der Waals surface area contributed by atoms with Crippen LogP contribution in [0, 0.1) is 0 Å². The van der Waals surface area contributed by atoms with Crippen LogP contribution in [0.25, 0.3) is 0 Å². The molecule has 0 aliphatic carbocycles. The SMILES string of the molecule is COc1ccc(Cl)c(O)c1C(N)CF. The van der Waals surface area contributed by atoms with E-state index in [1.165, 1.54) is 19.2 Å². The molecular formula is C9H11ClFNO2. The third kappa shape index (κ3) is 1.91. The monoisotopic (exact) mass is 219 g/mol. The van der Waals surface area contributed by atoms with Crippen molar-refractivity contribution in [3.63, 3.8) is 0 Å². The van der Waals surface area contributed by atoms with Gasteiger partial charge in [-0.2, -0.15) is 0 Å². The van der Waals surface area contributed by atoms with Crippen molar-refractivity contribution in [3.8, 4) is 11.5 Å². The van der Waals surface area contributed by atoms with Gasteiger partial charge >= 0.3 is 0 Å². The first-order valence-electron chi connectivity index (χ1n) is 3.98. The van der Waals surface area contributed by atoms with E-state index in [0.717, 1.165) is 0 Å². The zero-order valence-corrected chi connectivity index (χ0v) is 8.38. The molecule has 0 aliphatic rings. The highest BCUT2D eigenvalue weighted by Gasteiger charge is 2.18. The molecule has 0 radical (unpaired) electrons. The second kappa shape index (κ2) is 4.48. The number of hydrogen-bond donors (Lipinski definition) is 2. The molecule has 0 fully saturated rings. The van der Waals surface area contributed by atoms with Crippen LogP contribution in [0.15, 0.2) is 12.1 Å². The summed E-state index contributed by atoms with van der Waals surface area (Å²) >= 11 is 5.66. The molecule has 1 atom stereocenters. The second-order valence-electron chi connectivity index (χ2n) is 2.77. The lowest BCUT2D eigenvalue weighted by molar-refractivity contribution is 0.374. The van der Waals surface area contributed by atoms with E-state index in [1.54, 1.807) is 0 Å². The molecule has 0 aromatic heterocycles. The summed E-state index contributed by atoms with van der Waals surface area (Å²) in [7, 11) is 1.41. The van der Waals surface area contributed by atoms with Crippen LogP contribution >= 0.6 is 11.6 Å². The number of nitrogens with two attached hydrogens (primary N) is 1. The van der Waals surface area contributed by atoms with Gasteiger partial charge in [0.1, 0.15) is 18.2 Å². The van der Waals surface area contributed by atoms with Crippen LogP contribution in [0.4, 0.5) is 4.39 Å². The number of aromatic hydroxyl groups is 1. The Morgan fingerprint density at radius 3 is 2.79 bits per heavy atom. The predicted octanol–water partition coefficient (Wildman–Crippen LogP) is 2.02. The van der Waals surface area contributed by atoms with Crippen molar-refractivity contribution < 1.29 is 14.2 Å². The van der Waals surface area contributed by atoms with E-state index < -0.39 is 12.7 Å². The van der Waals surface area contributed by atoms with Gasteiger partial charge in [-0.05, 0) is 12.1 Å². The fourth-order valence-corrected chi connectivity index (χ4v) is 1.34. The Kier molecular flexibility index (Phi) is 3.55. The van der Waals surface area contributed by atoms with E-state index in [-0.39, 0.29) is 16.3 Å². The molecule has 0 aliphatic heterocycles. The summed E-state index contributed by atoms with van der Waals surface area (Å²) in [5.41, 5.74) is 5.66. The minimum atomic E-state index is -0.927. The van der Waals surface area contributed by atoms with Crippen LogP contribution in [-0.4, -0.2) is 18.9 Å². The number of rotatable bonds is 3. The van der Waals surface area contributed by atoms with Gasteiger partial charge in [-0.15, -0.1) is 0 Å². The molecule has 0 heterocycles. The van der Waals surface area contributed by atoms with Crippen molar-refractivity contribution >= 4 is 11.6 Å². The Bertz CT molecular complexity index is 333. The zero-order valence-electron chi connectivity index (χ0n) is 7.63. The normalized spacial score (nSPS) is 12.6. The molecule has 1 unspecified atom stereocenters. The summed E-state index contributed by atoms with van der Waals surface area (Å²) in [6, 6.07) is 2.07. The lowest BCUT2D eigenvalue weighted by Crippen LogP contribution is -2.13. The molecule has 78 valence electrons. The fraction of sp³-hybridized carbons (Fsp3) is 0.333. The second-order valence-corrected chi connectivity index (χ2v) is 3.18. The van der Waals surface area contributed by atoms with E-state index >= 15 is 0 Å². The summed E-state index contributed by atoms with van der Waals surface area (Å²) in [5, 5.41) is 9.68. The highest BCUT2D eigenvalue weighted by atomic mass is 35.5. The lowest BCUT2D eigenvalue weighted by atomic mass is 10.1. The highest BCUT2D eigenvalue weighted by Crippen LogP contribution is 2.37. The Labute approximate surface area is 86.2 Å². The lowest BCUT2D eigenvalue weighted by Gasteiger charge is -2.15. The molecule has 0 saturated heterocycles. The van der Waals surface area contributed by atoms with Crippen molar-refractivity contribution in [1.29, 1.82) is 0 Å². The van der Waals surface area contributed by atoms with E-state index in [1.807, 2.05) is 0 Å². The first kappa shape index (κ1) is 11.1. The molecule has 14 heavy (non-hydrogen) atoms. The van der Waals surface area contributed by atoms with E-state index in [2.05, 4.69) is 0 Å². The molecule has 0 saturated carbocycles. The molecule has 1 rings (SSSR count). The summed E-state index contributed by atoms with van der Waals surface area (Å²) < 4.78 is 17.3. The number of phenols is 1. The number of halogens is 2. The maximum absolute atomic E-state index is 12.4. The number of ether oxygens (including phenoxy) is 1. The van der Waals surface area contributed by atoms with Crippen LogP contribution in [-0.2, 0) is 0 Å².